The minimum absolute atomic E-state index is 0.225. The van der Waals surface area contributed by atoms with E-state index in [1.165, 1.54) is 6.33 Å². The summed E-state index contributed by atoms with van der Waals surface area (Å²) in [6.45, 7) is 3.25. The Morgan fingerprint density at radius 1 is 1.25 bits per heavy atom. The molecule has 2 N–H and O–H groups in total. The van der Waals surface area contributed by atoms with Gasteiger partial charge in [0.25, 0.3) is 0 Å². The third-order valence-corrected chi connectivity index (χ3v) is 3.03. The molecule has 1 atom stereocenters. The summed E-state index contributed by atoms with van der Waals surface area (Å²) < 4.78 is 5.07. The van der Waals surface area contributed by atoms with E-state index in [-0.39, 0.29) is 11.8 Å². The first-order valence-corrected chi connectivity index (χ1v) is 6.50. The van der Waals surface area contributed by atoms with E-state index in [4.69, 9.17) is 4.74 Å². The van der Waals surface area contributed by atoms with Crippen LogP contribution >= 0.6 is 0 Å². The summed E-state index contributed by atoms with van der Waals surface area (Å²) >= 11 is 0. The van der Waals surface area contributed by atoms with Crippen molar-refractivity contribution in [3.05, 3.63) is 42.5 Å². The standard InChI is InChI=1S/C15H19N3O2/c1-11(9-20-2)18-8-13-5-12(3-4-15(13)19)14-6-16-10-17-7-14/h3-7,10-11,18-19H,8-9H2,1-2H3. The Bertz CT molecular complexity index is 546. The summed E-state index contributed by atoms with van der Waals surface area (Å²) in [5.74, 6) is 0.280. The van der Waals surface area contributed by atoms with Crippen molar-refractivity contribution >= 4 is 0 Å². The molecule has 0 aliphatic heterocycles. The van der Waals surface area contributed by atoms with E-state index in [0.29, 0.717) is 13.2 Å². The number of aromatic hydroxyl groups is 1. The SMILES string of the molecule is COCC(C)NCc1cc(-c2cncnc2)ccc1O. The van der Waals surface area contributed by atoms with E-state index in [1.54, 1.807) is 25.6 Å². The smallest absolute Gasteiger partial charge is 0.120 e. The van der Waals surface area contributed by atoms with Gasteiger partial charge >= 0.3 is 0 Å². The van der Waals surface area contributed by atoms with Crippen LogP contribution in [0, 0.1) is 0 Å². The van der Waals surface area contributed by atoms with Gasteiger partial charge in [-0.3, -0.25) is 0 Å². The zero-order valence-corrected chi connectivity index (χ0v) is 11.7. The van der Waals surface area contributed by atoms with Crippen LogP contribution in [-0.4, -0.2) is 34.8 Å². The van der Waals surface area contributed by atoms with Crippen molar-refractivity contribution in [2.45, 2.75) is 19.5 Å². The average Bonchev–Trinajstić information content (AvgIpc) is 2.47. The Morgan fingerprint density at radius 3 is 2.70 bits per heavy atom. The molecule has 5 nitrogen and oxygen atoms in total. The highest BCUT2D eigenvalue weighted by atomic mass is 16.5. The molecule has 1 aromatic carbocycles. The highest BCUT2D eigenvalue weighted by Crippen LogP contribution is 2.25. The summed E-state index contributed by atoms with van der Waals surface area (Å²) in [5, 5.41) is 13.2. The largest absolute Gasteiger partial charge is 0.508 e. The predicted molar refractivity (Wildman–Crippen MR) is 77.3 cm³/mol. The fourth-order valence-corrected chi connectivity index (χ4v) is 1.95. The van der Waals surface area contributed by atoms with Gasteiger partial charge in [-0.1, -0.05) is 6.07 Å². The monoisotopic (exact) mass is 273 g/mol. The molecule has 0 bridgehead atoms. The van der Waals surface area contributed by atoms with Crippen LogP contribution in [0.15, 0.2) is 36.9 Å². The maximum Gasteiger partial charge on any atom is 0.120 e. The second-order valence-electron chi connectivity index (χ2n) is 4.71. The maximum absolute atomic E-state index is 9.92. The minimum Gasteiger partial charge on any atom is -0.508 e. The molecule has 0 saturated heterocycles. The molecule has 1 unspecified atom stereocenters. The average molecular weight is 273 g/mol. The van der Waals surface area contributed by atoms with E-state index >= 15 is 0 Å². The molecule has 2 aromatic rings. The van der Waals surface area contributed by atoms with Gasteiger partial charge in [0.2, 0.25) is 0 Å². The number of ether oxygens (including phenoxy) is 1. The van der Waals surface area contributed by atoms with Gasteiger partial charge in [-0.05, 0) is 24.6 Å². The fraction of sp³-hybridized carbons (Fsp3) is 0.333. The molecule has 5 heteroatoms. The number of nitrogens with zero attached hydrogens (tertiary/aromatic N) is 2. The Morgan fingerprint density at radius 2 is 2.00 bits per heavy atom. The summed E-state index contributed by atoms with van der Waals surface area (Å²) in [6.07, 6.45) is 5.01. The number of phenols is 1. The minimum atomic E-state index is 0.225. The lowest BCUT2D eigenvalue weighted by Gasteiger charge is -2.14. The summed E-state index contributed by atoms with van der Waals surface area (Å²) in [4.78, 5) is 8.01. The third-order valence-electron chi connectivity index (χ3n) is 3.03. The van der Waals surface area contributed by atoms with Gasteiger partial charge in [0.05, 0.1) is 6.61 Å². The first-order valence-electron chi connectivity index (χ1n) is 6.50. The number of methoxy groups -OCH3 is 1. The molecule has 0 amide bonds. The van der Waals surface area contributed by atoms with Gasteiger partial charge < -0.3 is 15.2 Å². The van der Waals surface area contributed by atoms with Gasteiger partial charge in [-0.2, -0.15) is 0 Å². The molecular formula is C15H19N3O2. The summed E-state index contributed by atoms with van der Waals surface area (Å²) in [6, 6.07) is 5.72. The van der Waals surface area contributed by atoms with Crippen molar-refractivity contribution in [1.82, 2.24) is 15.3 Å². The molecular weight excluding hydrogens is 254 g/mol. The molecule has 0 aliphatic carbocycles. The molecule has 0 aliphatic rings. The highest BCUT2D eigenvalue weighted by molar-refractivity contribution is 5.63. The molecule has 0 spiro atoms. The number of rotatable bonds is 6. The molecule has 1 aromatic heterocycles. The zero-order chi connectivity index (χ0) is 14.4. The number of hydrogen-bond acceptors (Lipinski definition) is 5. The fourth-order valence-electron chi connectivity index (χ4n) is 1.95. The van der Waals surface area contributed by atoms with E-state index in [0.717, 1.165) is 16.7 Å². The lowest BCUT2D eigenvalue weighted by Crippen LogP contribution is -2.29. The Kier molecular flexibility index (Phi) is 5.03. The second-order valence-corrected chi connectivity index (χ2v) is 4.71. The third kappa shape index (κ3) is 3.76. The normalized spacial score (nSPS) is 12.3. The van der Waals surface area contributed by atoms with Crippen LogP contribution in [0.5, 0.6) is 5.75 Å². The first kappa shape index (κ1) is 14.4. The van der Waals surface area contributed by atoms with Crippen LogP contribution in [-0.2, 0) is 11.3 Å². The van der Waals surface area contributed by atoms with Crippen molar-refractivity contribution in [2.75, 3.05) is 13.7 Å². The Labute approximate surface area is 118 Å². The Hall–Kier alpha value is -1.98. The molecule has 1 heterocycles. The van der Waals surface area contributed by atoms with Crippen LogP contribution in [0.25, 0.3) is 11.1 Å². The first-order chi connectivity index (χ1) is 9.70. The molecule has 0 radical (unpaired) electrons. The van der Waals surface area contributed by atoms with Crippen LogP contribution in [0.1, 0.15) is 12.5 Å². The lowest BCUT2D eigenvalue weighted by atomic mass is 10.0. The van der Waals surface area contributed by atoms with Gasteiger partial charge in [-0.15, -0.1) is 0 Å². The van der Waals surface area contributed by atoms with Crippen molar-refractivity contribution in [3.63, 3.8) is 0 Å². The van der Waals surface area contributed by atoms with Crippen molar-refractivity contribution < 1.29 is 9.84 Å². The topological polar surface area (TPSA) is 67.3 Å². The molecule has 20 heavy (non-hydrogen) atoms. The van der Waals surface area contributed by atoms with Gasteiger partial charge in [0.15, 0.2) is 0 Å². The second kappa shape index (κ2) is 6.98. The van der Waals surface area contributed by atoms with Crippen molar-refractivity contribution in [1.29, 1.82) is 0 Å². The molecule has 0 fully saturated rings. The Balaban J connectivity index is 2.13. The summed E-state index contributed by atoms with van der Waals surface area (Å²) in [7, 11) is 1.67. The van der Waals surface area contributed by atoms with Crippen LogP contribution in [0.2, 0.25) is 0 Å². The maximum atomic E-state index is 9.92. The van der Waals surface area contributed by atoms with Crippen molar-refractivity contribution in [3.8, 4) is 16.9 Å². The van der Waals surface area contributed by atoms with E-state index in [1.807, 2.05) is 19.1 Å². The van der Waals surface area contributed by atoms with Gasteiger partial charge in [-0.25, -0.2) is 9.97 Å². The van der Waals surface area contributed by atoms with E-state index in [2.05, 4.69) is 15.3 Å². The quantitative estimate of drug-likeness (QED) is 0.842. The van der Waals surface area contributed by atoms with Crippen LogP contribution in [0.4, 0.5) is 0 Å². The number of aromatic nitrogens is 2. The predicted octanol–water partition coefficient (Wildman–Crippen LogP) is 1.97. The van der Waals surface area contributed by atoms with Crippen LogP contribution in [0.3, 0.4) is 0 Å². The van der Waals surface area contributed by atoms with Crippen molar-refractivity contribution in [2.24, 2.45) is 0 Å². The summed E-state index contributed by atoms with van der Waals surface area (Å²) in [5.41, 5.74) is 2.76. The number of phenolic OH excluding ortho intramolecular Hbond substituents is 1. The highest BCUT2D eigenvalue weighted by Gasteiger charge is 2.07. The van der Waals surface area contributed by atoms with E-state index < -0.39 is 0 Å². The number of nitrogens with one attached hydrogen (secondary N) is 1. The number of hydrogen-bond donors (Lipinski definition) is 2. The van der Waals surface area contributed by atoms with E-state index in [9.17, 15) is 5.11 Å². The van der Waals surface area contributed by atoms with Gasteiger partial charge in [0, 0.05) is 43.2 Å². The van der Waals surface area contributed by atoms with Crippen LogP contribution < -0.4 is 5.32 Å². The number of benzene rings is 1. The molecule has 2 rings (SSSR count). The molecule has 0 saturated carbocycles. The zero-order valence-electron chi connectivity index (χ0n) is 11.7. The van der Waals surface area contributed by atoms with Gasteiger partial charge in [0.1, 0.15) is 12.1 Å². The lowest BCUT2D eigenvalue weighted by molar-refractivity contribution is 0.171. The molecule has 106 valence electrons.